The number of hydrogen-bond acceptors (Lipinski definition) is 3. The Hall–Kier alpha value is -1.09. The lowest BCUT2D eigenvalue weighted by Gasteiger charge is -2.18. The Labute approximate surface area is 103 Å². The summed E-state index contributed by atoms with van der Waals surface area (Å²) >= 11 is 0. The first kappa shape index (κ1) is 11.0. The average molecular weight is 231 g/mol. The summed E-state index contributed by atoms with van der Waals surface area (Å²) in [5, 5.41) is 3.54. The van der Waals surface area contributed by atoms with Crippen LogP contribution in [0.3, 0.4) is 0 Å². The Balaban J connectivity index is 1.69. The number of hydrogen-bond donors (Lipinski definition) is 1. The van der Waals surface area contributed by atoms with E-state index in [1.165, 1.54) is 56.7 Å². The highest BCUT2D eigenvalue weighted by Gasteiger charge is 2.16. The van der Waals surface area contributed by atoms with Gasteiger partial charge in [0, 0.05) is 43.1 Å². The van der Waals surface area contributed by atoms with Crippen LogP contribution >= 0.6 is 0 Å². The fourth-order valence-corrected chi connectivity index (χ4v) is 2.93. The Bertz CT molecular complexity index is 365. The average Bonchev–Trinajstić information content (AvgIpc) is 3.01. The number of nitrogens with one attached hydrogen (secondary N) is 1. The lowest BCUT2D eigenvalue weighted by molar-refractivity contribution is 0.595. The predicted octanol–water partition coefficient (Wildman–Crippen LogP) is 1.98. The maximum absolute atomic E-state index is 4.51. The summed E-state index contributed by atoms with van der Waals surface area (Å²) in [7, 11) is 0. The van der Waals surface area contributed by atoms with Crippen molar-refractivity contribution in [3.63, 3.8) is 0 Å². The molecular formula is C14H21N3. The van der Waals surface area contributed by atoms with Gasteiger partial charge in [0.15, 0.2) is 0 Å². The van der Waals surface area contributed by atoms with Crippen molar-refractivity contribution < 1.29 is 0 Å². The van der Waals surface area contributed by atoms with Crippen LogP contribution in [0.5, 0.6) is 0 Å². The van der Waals surface area contributed by atoms with Crippen molar-refractivity contribution in [2.75, 3.05) is 24.5 Å². The van der Waals surface area contributed by atoms with Crippen LogP contribution in [0.4, 0.5) is 5.69 Å². The number of pyridine rings is 1. The van der Waals surface area contributed by atoms with Crippen molar-refractivity contribution in [2.45, 2.75) is 38.1 Å². The van der Waals surface area contributed by atoms with Crippen LogP contribution in [0.15, 0.2) is 18.3 Å². The van der Waals surface area contributed by atoms with E-state index in [9.17, 15) is 0 Å². The molecule has 92 valence electrons. The molecule has 0 amide bonds. The third-order valence-corrected chi connectivity index (χ3v) is 3.89. The molecule has 1 atom stereocenters. The highest BCUT2D eigenvalue weighted by atomic mass is 15.1. The monoisotopic (exact) mass is 231 g/mol. The minimum absolute atomic E-state index is 0.649. The number of rotatable bonds is 3. The van der Waals surface area contributed by atoms with E-state index in [-0.39, 0.29) is 0 Å². The summed E-state index contributed by atoms with van der Waals surface area (Å²) in [4.78, 5) is 6.99. The fraction of sp³-hybridized carbons (Fsp3) is 0.643. The van der Waals surface area contributed by atoms with E-state index in [1.54, 1.807) is 0 Å². The van der Waals surface area contributed by atoms with Gasteiger partial charge in [-0.2, -0.15) is 0 Å². The van der Waals surface area contributed by atoms with Crippen molar-refractivity contribution in [1.82, 2.24) is 10.3 Å². The van der Waals surface area contributed by atoms with E-state index in [0.29, 0.717) is 6.04 Å². The van der Waals surface area contributed by atoms with Crippen LogP contribution in [-0.4, -0.2) is 30.7 Å². The lowest BCUT2D eigenvalue weighted by Crippen LogP contribution is -2.24. The van der Waals surface area contributed by atoms with Crippen LogP contribution in [0.25, 0.3) is 0 Å². The Kier molecular flexibility index (Phi) is 3.27. The normalized spacial score (nSPS) is 24.5. The molecule has 2 fully saturated rings. The largest absolute Gasteiger partial charge is 0.371 e. The Morgan fingerprint density at radius 3 is 2.94 bits per heavy atom. The first-order valence-electron chi connectivity index (χ1n) is 6.85. The summed E-state index contributed by atoms with van der Waals surface area (Å²) in [5.41, 5.74) is 2.61. The molecule has 0 saturated carbocycles. The second kappa shape index (κ2) is 5.05. The maximum atomic E-state index is 4.51. The molecule has 2 aliphatic rings. The summed E-state index contributed by atoms with van der Waals surface area (Å²) in [6.07, 6.45) is 8.34. The standard InChI is InChI=1S/C14H21N3/c1-2-9-17(8-1)14-5-7-16-13(11-14)10-12-4-3-6-15-12/h5,7,11-12,15H,1-4,6,8-10H2. The molecule has 0 aliphatic carbocycles. The van der Waals surface area contributed by atoms with E-state index in [0.717, 1.165) is 6.42 Å². The third kappa shape index (κ3) is 2.60. The van der Waals surface area contributed by atoms with Gasteiger partial charge in [-0.15, -0.1) is 0 Å². The molecule has 0 bridgehead atoms. The van der Waals surface area contributed by atoms with Gasteiger partial charge in [0.25, 0.3) is 0 Å². The summed E-state index contributed by atoms with van der Waals surface area (Å²) in [5.74, 6) is 0. The van der Waals surface area contributed by atoms with Gasteiger partial charge in [-0.3, -0.25) is 4.98 Å². The van der Waals surface area contributed by atoms with E-state index in [2.05, 4.69) is 27.3 Å². The molecule has 0 aromatic carbocycles. The van der Waals surface area contributed by atoms with Gasteiger partial charge in [-0.1, -0.05) is 0 Å². The quantitative estimate of drug-likeness (QED) is 0.862. The maximum Gasteiger partial charge on any atom is 0.0439 e. The van der Waals surface area contributed by atoms with Gasteiger partial charge in [0.05, 0.1) is 0 Å². The van der Waals surface area contributed by atoms with Crippen molar-refractivity contribution in [1.29, 1.82) is 0 Å². The number of anilines is 1. The molecule has 17 heavy (non-hydrogen) atoms. The number of nitrogens with zero attached hydrogens (tertiary/aromatic N) is 2. The molecule has 0 radical (unpaired) electrons. The number of aromatic nitrogens is 1. The van der Waals surface area contributed by atoms with Crippen molar-refractivity contribution in [3.05, 3.63) is 24.0 Å². The molecule has 1 aromatic rings. The van der Waals surface area contributed by atoms with Gasteiger partial charge < -0.3 is 10.2 Å². The van der Waals surface area contributed by atoms with E-state index >= 15 is 0 Å². The molecule has 3 rings (SSSR count). The molecule has 0 spiro atoms. The molecule has 3 heterocycles. The third-order valence-electron chi connectivity index (χ3n) is 3.89. The Morgan fingerprint density at radius 1 is 1.29 bits per heavy atom. The van der Waals surface area contributed by atoms with Crippen molar-refractivity contribution >= 4 is 5.69 Å². The van der Waals surface area contributed by atoms with Gasteiger partial charge in [0.1, 0.15) is 0 Å². The summed E-state index contributed by atoms with van der Waals surface area (Å²) in [6, 6.07) is 5.08. The molecule has 2 aliphatic heterocycles. The van der Waals surface area contributed by atoms with Gasteiger partial charge >= 0.3 is 0 Å². The van der Waals surface area contributed by atoms with Gasteiger partial charge in [-0.25, -0.2) is 0 Å². The predicted molar refractivity (Wildman–Crippen MR) is 70.4 cm³/mol. The summed E-state index contributed by atoms with van der Waals surface area (Å²) < 4.78 is 0. The van der Waals surface area contributed by atoms with Gasteiger partial charge in [0.2, 0.25) is 0 Å². The topological polar surface area (TPSA) is 28.2 Å². The second-order valence-corrected chi connectivity index (χ2v) is 5.20. The summed E-state index contributed by atoms with van der Waals surface area (Å²) in [6.45, 7) is 3.60. The van der Waals surface area contributed by atoms with Crippen molar-refractivity contribution in [2.24, 2.45) is 0 Å². The Morgan fingerprint density at radius 2 is 2.18 bits per heavy atom. The molecule has 1 unspecified atom stereocenters. The van der Waals surface area contributed by atoms with E-state index < -0.39 is 0 Å². The minimum atomic E-state index is 0.649. The second-order valence-electron chi connectivity index (χ2n) is 5.20. The SMILES string of the molecule is c1cc(N2CCCC2)cc(CC2CCCN2)n1. The van der Waals surface area contributed by atoms with Crippen LogP contribution in [0.1, 0.15) is 31.4 Å². The van der Waals surface area contributed by atoms with E-state index in [4.69, 9.17) is 0 Å². The zero-order valence-electron chi connectivity index (χ0n) is 10.4. The van der Waals surface area contributed by atoms with Crippen molar-refractivity contribution in [3.8, 4) is 0 Å². The molecule has 3 nitrogen and oxygen atoms in total. The van der Waals surface area contributed by atoms with Crippen LogP contribution in [-0.2, 0) is 6.42 Å². The lowest BCUT2D eigenvalue weighted by atomic mass is 10.1. The highest BCUT2D eigenvalue weighted by Crippen LogP contribution is 2.21. The first-order valence-corrected chi connectivity index (χ1v) is 6.85. The molecule has 1 aromatic heterocycles. The highest BCUT2D eigenvalue weighted by molar-refractivity contribution is 5.47. The molecular weight excluding hydrogens is 210 g/mol. The zero-order valence-corrected chi connectivity index (χ0v) is 10.4. The van der Waals surface area contributed by atoms with E-state index in [1.807, 2.05) is 6.20 Å². The fourth-order valence-electron chi connectivity index (χ4n) is 2.93. The minimum Gasteiger partial charge on any atom is -0.371 e. The smallest absolute Gasteiger partial charge is 0.0439 e. The molecule has 3 heteroatoms. The van der Waals surface area contributed by atoms with Crippen LogP contribution in [0, 0.1) is 0 Å². The molecule has 1 N–H and O–H groups in total. The first-order chi connectivity index (χ1) is 8.42. The van der Waals surface area contributed by atoms with Crippen LogP contribution < -0.4 is 10.2 Å². The molecule has 2 saturated heterocycles. The van der Waals surface area contributed by atoms with Gasteiger partial charge in [-0.05, 0) is 44.4 Å². The zero-order chi connectivity index (χ0) is 11.5. The van der Waals surface area contributed by atoms with Crippen LogP contribution in [0.2, 0.25) is 0 Å².